The van der Waals surface area contributed by atoms with Crippen LogP contribution in [0.4, 0.5) is 5.95 Å². The molecule has 2 aromatic rings. The van der Waals surface area contributed by atoms with Gasteiger partial charge in [0, 0.05) is 54.8 Å². The third-order valence-corrected chi connectivity index (χ3v) is 5.20. The van der Waals surface area contributed by atoms with Crippen LogP contribution in [0, 0.1) is 6.92 Å². The molecule has 4 rings (SSSR count). The molecule has 1 atom stereocenters. The van der Waals surface area contributed by atoms with Crippen molar-refractivity contribution in [3.8, 4) is 0 Å². The number of hydrogen-bond acceptors (Lipinski definition) is 5. The molecule has 0 aromatic carbocycles. The SMILES string of the molecule is Cc1ccnc(N2CCC(c3[nH]ncc3CNC(=O)C=C3CCC3)C2)n1. The minimum atomic E-state index is -0.00643. The smallest absolute Gasteiger partial charge is 0.244 e. The Balaban J connectivity index is 1.38. The van der Waals surface area contributed by atoms with Crippen molar-refractivity contribution in [3.05, 3.63) is 47.1 Å². The molecule has 26 heavy (non-hydrogen) atoms. The second kappa shape index (κ2) is 7.27. The van der Waals surface area contributed by atoms with Crippen molar-refractivity contribution in [2.24, 2.45) is 0 Å². The first kappa shape index (κ1) is 16.8. The number of amides is 1. The van der Waals surface area contributed by atoms with Gasteiger partial charge in [-0.15, -0.1) is 0 Å². The molecule has 2 fully saturated rings. The van der Waals surface area contributed by atoms with Gasteiger partial charge in [-0.2, -0.15) is 5.10 Å². The summed E-state index contributed by atoms with van der Waals surface area (Å²) in [6.07, 6.45) is 9.71. The Bertz CT molecular complexity index is 821. The zero-order valence-electron chi connectivity index (χ0n) is 15.0. The average Bonchev–Trinajstić information content (AvgIpc) is 3.25. The van der Waals surface area contributed by atoms with Crippen molar-refractivity contribution in [1.82, 2.24) is 25.5 Å². The maximum Gasteiger partial charge on any atom is 0.244 e. The number of aromatic amines is 1. The zero-order valence-corrected chi connectivity index (χ0v) is 15.0. The lowest BCUT2D eigenvalue weighted by atomic mass is 9.92. The fraction of sp³-hybridized carbons (Fsp3) is 0.474. The molecule has 2 N–H and O–H groups in total. The third-order valence-electron chi connectivity index (χ3n) is 5.20. The van der Waals surface area contributed by atoms with Crippen molar-refractivity contribution >= 4 is 11.9 Å². The summed E-state index contributed by atoms with van der Waals surface area (Å²) in [6, 6.07) is 1.91. The van der Waals surface area contributed by atoms with Gasteiger partial charge in [-0.25, -0.2) is 9.97 Å². The normalized spacial score (nSPS) is 19.3. The molecule has 3 heterocycles. The minimum Gasteiger partial charge on any atom is -0.348 e. The molecule has 136 valence electrons. The van der Waals surface area contributed by atoms with Crippen LogP contribution in [-0.2, 0) is 11.3 Å². The predicted octanol–water partition coefficient (Wildman–Crippen LogP) is 2.23. The number of hydrogen-bond donors (Lipinski definition) is 2. The third kappa shape index (κ3) is 3.61. The first-order chi connectivity index (χ1) is 12.7. The Morgan fingerprint density at radius 3 is 3.12 bits per heavy atom. The predicted molar refractivity (Wildman–Crippen MR) is 98.7 cm³/mol. The van der Waals surface area contributed by atoms with E-state index in [0.717, 1.165) is 55.3 Å². The monoisotopic (exact) mass is 352 g/mol. The van der Waals surface area contributed by atoms with Crippen molar-refractivity contribution in [3.63, 3.8) is 0 Å². The Morgan fingerprint density at radius 2 is 2.35 bits per heavy atom. The van der Waals surface area contributed by atoms with Crippen molar-refractivity contribution in [1.29, 1.82) is 0 Å². The van der Waals surface area contributed by atoms with E-state index in [1.165, 1.54) is 12.0 Å². The fourth-order valence-corrected chi connectivity index (χ4v) is 3.53. The molecule has 2 aromatic heterocycles. The summed E-state index contributed by atoms with van der Waals surface area (Å²) in [5.41, 5.74) is 4.39. The minimum absolute atomic E-state index is 0.00643. The molecule has 1 saturated heterocycles. The summed E-state index contributed by atoms with van der Waals surface area (Å²) < 4.78 is 0. The number of carbonyl (C=O) groups is 1. The number of allylic oxidation sites excluding steroid dienone is 1. The van der Waals surface area contributed by atoms with Crippen LogP contribution in [-0.4, -0.2) is 39.2 Å². The van der Waals surface area contributed by atoms with Gasteiger partial charge in [-0.1, -0.05) is 5.57 Å². The molecule has 2 aliphatic rings. The molecule has 1 amide bonds. The van der Waals surface area contributed by atoms with Crippen LogP contribution in [0.2, 0.25) is 0 Å². The summed E-state index contributed by atoms with van der Waals surface area (Å²) in [4.78, 5) is 23.1. The number of rotatable bonds is 5. The van der Waals surface area contributed by atoms with Gasteiger partial charge >= 0.3 is 0 Å². The standard InChI is InChI=1S/C19H24N6O/c1-13-5-7-20-19(23-13)25-8-6-15(12-25)18-16(11-22-24-18)10-21-17(26)9-14-3-2-4-14/h5,7,9,11,15H,2-4,6,8,10,12H2,1H3,(H,21,26)(H,22,24). The van der Waals surface area contributed by atoms with E-state index in [-0.39, 0.29) is 5.91 Å². The fourth-order valence-electron chi connectivity index (χ4n) is 3.53. The summed E-state index contributed by atoms with van der Waals surface area (Å²) in [6.45, 7) is 4.26. The van der Waals surface area contributed by atoms with Crippen LogP contribution in [0.1, 0.15) is 48.6 Å². The summed E-state index contributed by atoms with van der Waals surface area (Å²) in [7, 11) is 0. The molecule has 1 aliphatic carbocycles. The van der Waals surface area contributed by atoms with E-state index in [2.05, 4.69) is 30.4 Å². The van der Waals surface area contributed by atoms with Gasteiger partial charge < -0.3 is 10.2 Å². The van der Waals surface area contributed by atoms with E-state index in [0.29, 0.717) is 12.5 Å². The average molecular weight is 352 g/mol. The Kier molecular flexibility index (Phi) is 4.69. The van der Waals surface area contributed by atoms with E-state index in [4.69, 9.17) is 0 Å². The number of carbonyl (C=O) groups excluding carboxylic acids is 1. The van der Waals surface area contributed by atoms with Gasteiger partial charge in [0.1, 0.15) is 0 Å². The van der Waals surface area contributed by atoms with Crippen LogP contribution in [0.5, 0.6) is 0 Å². The van der Waals surface area contributed by atoms with Crippen LogP contribution in [0.25, 0.3) is 0 Å². The Hall–Kier alpha value is -2.70. The molecule has 7 nitrogen and oxygen atoms in total. The second-order valence-electron chi connectivity index (χ2n) is 7.11. The van der Waals surface area contributed by atoms with Gasteiger partial charge in [-0.05, 0) is 38.7 Å². The first-order valence-corrected chi connectivity index (χ1v) is 9.23. The maximum absolute atomic E-state index is 12.0. The number of H-pyrrole nitrogens is 1. The molecule has 1 saturated carbocycles. The highest BCUT2D eigenvalue weighted by Crippen LogP contribution is 2.30. The quantitative estimate of drug-likeness (QED) is 0.806. The molecule has 0 radical (unpaired) electrons. The number of anilines is 1. The maximum atomic E-state index is 12.0. The second-order valence-corrected chi connectivity index (χ2v) is 7.11. The molecular formula is C19H24N6O. The van der Waals surface area contributed by atoms with E-state index in [1.54, 1.807) is 12.3 Å². The lowest BCUT2D eigenvalue weighted by Crippen LogP contribution is -2.23. The topological polar surface area (TPSA) is 86.8 Å². The van der Waals surface area contributed by atoms with E-state index >= 15 is 0 Å². The van der Waals surface area contributed by atoms with Crippen molar-refractivity contribution in [2.75, 3.05) is 18.0 Å². The Morgan fingerprint density at radius 1 is 1.46 bits per heavy atom. The van der Waals surface area contributed by atoms with Crippen LogP contribution in [0.15, 0.2) is 30.1 Å². The highest BCUT2D eigenvalue weighted by Gasteiger charge is 2.28. The van der Waals surface area contributed by atoms with Crippen LogP contribution < -0.4 is 10.2 Å². The molecule has 7 heteroatoms. The summed E-state index contributed by atoms with van der Waals surface area (Å²) >= 11 is 0. The molecule has 0 spiro atoms. The highest BCUT2D eigenvalue weighted by molar-refractivity contribution is 5.88. The van der Waals surface area contributed by atoms with E-state index in [1.807, 2.05) is 19.2 Å². The largest absolute Gasteiger partial charge is 0.348 e. The lowest BCUT2D eigenvalue weighted by Gasteiger charge is -2.17. The van der Waals surface area contributed by atoms with Gasteiger partial charge in [0.2, 0.25) is 11.9 Å². The van der Waals surface area contributed by atoms with Crippen molar-refractivity contribution in [2.45, 2.75) is 45.1 Å². The molecule has 1 unspecified atom stereocenters. The number of nitrogens with zero attached hydrogens (tertiary/aromatic N) is 4. The van der Waals surface area contributed by atoms with Crippen molar-refractivity contribution < 1.29 is 4.79 Å². The highest BCUT2D eigenvalue weighted by atomic mass is 16.1. The zero-order chi connectivity index (χ0) is 17.9. The van der Waals surface area contributed by atoms with Gasteiger partial charge in [-0.3, -0.25) is 9.89 Å². The lowest BCUT2D eigenvalue weighted by molar-refractivity contribution is -0.116. The number of aryl methyl sites for hydroxylation is 1. The number of nitrogens with one attached hydrogen (secondary N) is 2. The van der Waals surface area contributed by atoms with E-state index in [9.17, 15) is 4.79 Å². The van der Waals surface area contributed by atoms with Gasteiger partial charge in [0.15, 0.2) is 0 Å². The first-order valence-electron chi connectivity index (χ1n) is 9.23. The van der Waals surface area contributed by atoms with E-state index < -0.39 is 0 Å². The van der Waals surface area contributed by atoms with Gasteiger partial charge in [0.25, 0.3) is 0 Å². The Labute approximate surface area is 152 Å². The summed E-state index contributed by atoms with van der Waals surface area (Å²) in [5, 5.41) is 10.3. The number of aromatic nitrogens is 4. The molecule has 0 bridgehead atoms. The van der Waals surface area contributed by atoms with Crippen LogP contribution >= 0.6 is 0 Å². The van der Waals surface area contributed by atoms with Gasteiger partial charge in [0.05, 0.1) is 6.20 Å². The van der Waals surface area contributed by atoms with Crippen LogP contribution in [0.3, 0.4) is 0 Å². The molecule has 1 aliphatic heterocycles. The molecular weight excluding hydrogens is 328 g/mol. The summed E-state index contributed by atoms with van der Waals surface area (Å²) in [5.74, 6) is 1.13.